The molecule has 2 aromatic heterocycles. The van der Waals surface area contributed by atoms with Crippen molar-refractivity contribution in [3.63, 3.8) is 0 Å². The number of amides is 1. The summed E-state index contributed by atoms with van der Waals surface area (Å²) in [5, 5.41) is 0.625. The van der Waals surface area contributed by atoms with Crippen LogP contribution < -0.4 is 0 Å². The molecule has 1 amide bonds. The maximum atomic E-state index is 12.9. The maximum Gasteiger partial charge on any atom is 0.274 e. The van der Waals surface area contributed by atoms with E-state index in [-0.39, 0.29) is 12.0 Å². The number of carbonyl (C=O) groups excluding carboxylic acids is 1. The van der Waals surface area contributed by atoms with Crippen molar-refractivity contribution < 1.29 is 9.53 Å². The second-order valence-corrected chi connectivity index (χ2v) is 7.80. The number of aromatic nitrogens is 2. The van der Waals surface area contributed by atoms with E-state index < -0.39 is 0 Å². The van der Waals surface area contributed by atoms with Crippen LogP contribution in [0.25, 0.3) is 5.65 Å². The number of carbonyl (C=O) groups is 1. The van der Waals surface area contributed by atoms with E-state index in [0.717, 1.165) is 37.8 Å². The monoisotopic (exact) mass is 360 g/mol. The highest BCUT2D eigenvalue weighted by Crippen LogP contribution is 2.33. The summed E-state index contributed by atoms with van der Waals surface area (Å²) in [5.41, 5.74) is 1.20. The van der Waals surface area contributed by atoms with E-state index in [2.05, 4.69) is 9.88 Å². The molecule has 7 heteroatoms. The largest absolute Gasteiger partial charge is 0.373 e. The van der Waals surface area contributed by atoms with Gasteiger partial charge in [0.05, 0.1) is 23.8 Å². The molecular weight excluding hydrogens is 340 g/mol. The highest BCUT2D eigenvalue weighted by Gasteiger charge is 2.43. The number of hydrogen-bond donors (Lipinski definition) is 0. The molecule has 2 aromatic rings. The number of nitrogens with zero attached hydrogens (tertiary/aromatic N) is 4. The third-order valence-electron chi connectivity index (χ3n) is 5.53. The van der Waals surface area contributed by atoms with E-state index in [1.54, 1.807) is 22.9 Å². The minimum Gasteiger partial charge on any atom is -0.373 e. The van der Waals surface area contributed by atoms with Gasteiger partial charge in [0.15, 0.2) is 0 Å². The molecular formula is C18H21ClN4O2. The third-order valence-corrected chi connectivity index (χ3v) is 5.75. The first kappa shape index (κ1) is 15.6. The minimum absolute atomic E-state index is 0.0239. The quantitative estimate of drug-likeness (QED) is 0.839. The summed E-state index contributed by atoms with van der Waals surface area (Å²) in [6, 6.07) is 3.93. The van der Waals surface area contributed by atoms with Crippen molar-refractivity contribution in [2.75, 3.05) is 32.8 Å². The first-order valence-electron chi connectivity index (χ1n) is 8.96. The van der Waals surface area contributed by atoms with E-state index >= 15 is 0 Å². The molecule has 1 saturated carbocycles. The predicted octanol–water partition coefficient (Wildman–Crippen LogP) is 1.92. The van der Waals surface area contributed by atoms with Crippen LogP contribution in [0.2, 0.25) is 5.02 Å². The second kappa shape index (κ2) is 5.97. The molecule has 5 rings (SSSR count). The van der Waals surface area contributed by atoms with Crippen molar-refractivity contribution in [3.8, 4) is 0 Å². The molecule has 3 aliphatic rings. The molecule has 132 valence electrons. The summed E-state index contributed by atoms with van der Waals surface area (Å²) < 4.78 is 7.75. The van der Waals surface area contributed by atoms with Crippen molar-refractivity contribution in [2.24, 2.45) is 5.92 Å². The number of imidazole rings is 1. The third kappa shape index (κ3) is 2.92. The Bertz CT molecular complexity index is 819. The van der Waals surface area contributed by atoms with Gasteiger partial charge in [-0.25, -0.2) is 4.98 Å². The Morgan fingerprint density at radius 2 is 2.16 bits per heavy atom. The molecule has 0 N–H and O–H groups in total. The van der Waals surface area contributed by atoms with Crippen molar-refractivity contribution >= 4 is 23.2 Å². The SMILES string of the molecule is O=C(c1cn2cc(Cl)ccc2n1)N1C[C@@H]2OCCN(CC3CC3)[C@@H]2C1. The minimum atomic E-state index is -0.0239. The lowest BCUT2D eigenvalue weighted by molar-refractivity contribution is -0.0484. The van der Waals surface area contributed by atoms with Crippen molar-refractivity contribution in [1.29, 1.82) is 0 Å². The van der Waals surface area contributed by atoms with Crippen LogP contribution in [0.15, 0.2) is 24.5 Å². The maximum absolute atomic E-state index is 12.9. The zero-order chi connectivity index (χ0) is 17.0. The average molecular weight is 361 g/mol. The molecule has 25 heavy (non-hydrogen) atoms. The number of likely N-dealkylation sites (tertiary alicyclic amines) is 1. The van der Waals surface area contributed by atoms with Gasteiger partial charge in [-0.05, 0) is 30.9 Å². The Balaban J connectivity index is 1.34. The van der Waals surface area contributed by atoms with E-state index in [1.807, 2.05) is 11.0 Å². The summed E-state index contributed by atoms with van der Waals surface area (Å²) in [6.45, 7) is 4.28. The molecule has 2 aliphatic heterocycles. The predicted molar refractivity (Wildman–Crippen MR) is 93.9 cm³/mol. The highest BCUT2D eigenvalue weighted by molar-refractivity contribution is 6.30. The summed E-state index contributed by atoms with van der Waals surface area (Å²) in [6.07, 6.45) is 6.35. The Hall–Kier alpha value is -1.63. The van der Waals surface area contributed by atoms with Crippen LogP contribution in [-0.4, -0.2) is 70.0 Å². The van der Waals surface area contributed by atoms with Gasteiger partial charge >= 0.3 is 0 Å². The molecule has 0 unspecified atom stereocenters. The van der Waals surface area contributed by atoms with Crippen LogP contribution >= 0.6 is 11.6 Å². The number of rotatable bonds is 3. The fraction of sp³-hybridized carbons (Fsp3) is 0.556. The van der Waals surface area contributed by atoms with E-state index in [4.69, 9.17) is 16.3 Å². The normalized spacial score (nSPS) is 27.0. The van der Waals surface area contributed by atoms with E-state index in [1.165, 1.54) is 12.8 Å². The Morgan fingerprint density at radius 3 is 3.00 bits per heavy atom. The van der Waals surface area contributed by atoms with Crippen molar-refractivity contribution in [2.45, 2.75) is 25.0 Å². The van der Waals surface area contributed by atoms with Crippen LogP contribution in [-0.2, 0) is 4.74 Å². The lowest BCUT2D eigenvalue weighted by Gasteiger charge is -2.36. The standard InChI is InChI=1S/C18H21ClN4O2/c19-13-3-4-17-20-14(9-22(17)8-13)18(24)23-10-15-16(11-23)25-6-5-21(15)7-12-1-2-12/h3-4,8-9,12,15-16H,1-2,5-7,10-11H2/t15-,16+/m1/s1. The van der Waals surface area contributed by atoms with Crippen molar-refractivity contribution in [1.82, 2.24) is 19.2 Å². The van der Waals surface area contributed by atoms with E-state index in [0.29, 0.717) is 23.3 Å². The van der Waals surface area contributed by atoms with Gasteiger partial charge in [-0.1, -0.05) is 11.6 Å². The number of halogens is 1. The first-order valence-corrected chi connectivity index (χ1v) is 9.34. The molecule has 1 aliphatic carbocycles. The molecule has 4 heterocycles. The summed E-state index contributed by atoms with van der Waals surface area (Å²) in [7, 11) is 0. The molecule has 3 fully saturated rings. The molecule has 0 radical (unpaired) electrons. The van der Waals surface area contributed by atoms with Gasteiger partial charge in [0.1, 0.15) is 11.3 Å². The Labute approximate surface area is 151 Å². The number of hydrogen-bond acceptors (Lipinski definition) is 4. The van der Waals surface area contributed by atoms with Crippen LogP contribution in [0.1, 0.15) is 23.3 Å². The molecule has 6 nitrogen and oxygen atoms in total. The van der Waals surface area contributed by atoms with Gasteiger partial charge in [0.2, 0.25) is 0 Å². The van der Waals surface area contributed by atoms with Crippen LogP contribution in [0.5, 0.6) is 0 Å². The lowest BCUT2D eigenvalue weighted by Crippen LogP contribution is -2.51. The lowest BCUT2D eigenvalue weighted by atomic mass is 10.1. The molecule has 0 aromatic carbocycles. The first-order chi connectivity index (χ1) is 12.2. The summed E-state index contributed by atoms with van der Waals surface area (Å²) in [4.78, 5) is 21.8. The van der Waals surface area contributed by atoms with Gasteiger partial charge in [-0.15, -0.1) is 0 Å². The fourth-order valence-corrected chi connectivity index (χ4v) is 4.18. The Morgan fingerprint density at radius 1 is 1.28 bits per heavy atom. The van der Waals surface area contributed by atoms with Gasteiger partial charge in [-0.2, -0.15) is 0 Å². The highest BCUT2D eigenvalue weighted by atomic mass is 35.5. The van der Waals surface area contributed by atoms with Crippen LogP contribution in [0.4, 0.5) is 0 Å². The molecule has 2 atom stereocenters. The number of fused-ring (bicyclic) bond motifs is 2. The number of pyridine rings is 1. The van der Waals surface area contributed by atoms with Gasteiger partial charge < -0.3 is 14.0 Å². The Kier molecular flexibility index (Phi) is 3.73. The molecule has 0 bridgehead atoms. The van der Waals surface area contributed by atoms with E-state index in [9.17, 15) is 4.79 Å². The van der Waals surface area contributed by atoms with Crippen LogP contribution in [0, 0.1) is 5.92 Å². The average Bonchev–Trinajstić information content (AvgIpc) is 3.16. The van der Waals surface area contributed by atoms with Gasteiger partial charge in [0.25, 0.3) is 5.91 Å². The van der Waals surface area contributed by atoms with Gasteiger partial charge in [-0.3, -0.25) is 9.69 Å². The van der Waals surface area contributed by atoms with Gasteiger partial charge in [0, 0.05) is 38.6 Å². The van der Waals surface area contributed by atoms with Crippen LogP contribution in [0.3, 0.4) is 0 Å². The second-order valence-electron chi connectivity index (χ2n) is 7.36. The smallest absolute Gasteiger partial charge is 0.274 e. The number of morpholine rings is 1. The topological polar surface area (TPSA) is 50.1 Å². The summed E-state index contributed by atoms with van der Waals surface area (Å²) in [5.74, 6) is 0.830. The molecule has 0 spiro atoms. The molecule has 2 saturated heterocycles. The zero-order valence-corrected chi connectivity index (χ0v) is 14.7. The fourth-order valence-electron chi connectivity index (χ4n) is 4.01. The number of ether oxygens (including phenoxy) is 1. The summed E-state index contributed by atoms with van der Waals surface area (Å²) >= 11 is 6.01. The zero-order valence-electron chi connectivity index (χ0n) is 14.0. The van der Waals surface area contributed by atoms with Crippen molar-refractivity contribution in [3.05, 3.63) is 35.2 Å².